The van der Waals surface area contributed by atoms with Crippen LogP contribution in [0.1, 0.15) is 25.8 Å². The van der Waals surface area contributed by atoms with E-state index in [2.05, 4.69) is 10.6 Å². The summed E-state index contributed by atoms with van der Waals surface area (Å²) in [6, 6.07) is 9.23. The molecule has 0 radical (unpaired) electrons. The number of nitrogens with zero attached hydrogens (tertiary/aromatic N) is 1. The number of hydrogen-bond donors (Lipinski definition) is 2. The van der Waals surface area contributed by atoms with Gasteiger partial charge in [0.2, 0.25) is 5.91 Å². The predicted molar refractivity (Wildman–Crippen MR) is 128 cm³/mol. The second kappa shape index (κ2) is 10.9. The Kier molecular flexibility index (Phi) is 8.01. The number of rotatable bonds is 9. The van der Waals surface area contributed by atoms with Crippen LogP contribution in [0.3, 0.4) is 0 Å². The summed E-state index contributed by atoms with van der Waals surface area (Å²) >= 11 is 6.38. The monoisotopic (exact) mass is 487 g/mol. The van der Waals surface area contributed by atoms with E-state index in [0.717, 1.165) is 11.3 Å². The quantitative estimate of drug-likeness (QED) is 0.408. The number of imide groups is 1. The summed E-state index contributed by atoms with van der Waals surface area (Å²) in [5.41, 5.74) is 1.04. The van der Waals surface area contributed by atoms with Gasteiger partial charge < -0.3 is 24.8 Å². The van der Waals surface area contributed by atoms with Gasteiger partial charge in [0.05, 0.1) is 25.3 Å². The molecule has 9 nitrogen and oxygen atoms in total. The molecule has 2 aromatic carbocycles. The maximum absolute atomic E-state index is 12.8. The molecule has 4 amide bonds. The Morgan fingerprint density at radius 2 is 1.88 bits per heavy atom. The van der Waals surface area contributed by atoms with Crippen LogP contribution in [0.25, 0.3) is 6.08 Å². The molecule has 1 aliphatic rings. The van der Waals surface area contributed by atoms with Crippen molar-refractivity contribution in [1.29, 1.82) is 0 Å². The van der Waals surface area contributed by atoms with Gasteiger partial charge in [0, 0.05) is 5.69 Å². The first-order valence-corrected chi connectivity index (χ1v) is 11.0. The van der Waals surface area contributed by atoms with Crippen LogP contribution in [0.4, 0.5) is 10.5 Å². The zero-order chi connectivity index (χ0) is 24.8. The smallest absolute Gasteiger partial charge is 0.329 e. The minimum absolute atomic E-state index is 0.0101. The third-order valence-corrected chi connectivity index (χ3v) is 5.38. The van der Waals surface area contributed by atoms with Gasteiger partial charge in [0.25, 0.3) is 5.91 Å². The largest absolute Gasteiger partial charge is 0.497 e. The first-order valence-electron chi connectivity index (χ1n) is 10.6. The van der Waals surface area contributed by atoms with Crippen LogP contribution >= 0.6 is 11.6 Å². The van der Waals surface area contributed by atoms with E-state index < -0.39 is 24.4 Å². The highest BCUT2D eigenvalue weighted by Gasteiger charge is 2.35. The van der Waals surface area contributed by atoms with E-state index in [0.29, 0.717) is 33.5 Å². The molecule has 2 aromatic rings. The van der Waals surface area contributed by atoms with Crippen molar-refractivity contribution < 1.29 is 28.6 Å². The van der Waals surface area contributed by atoms with Crippen LogP contribution in [-0.2, 0) is 9.59 Å². The standard InChI is InChI=1S/C24H26ClN3O6/c1-5-14(2)34-22-18(25)10-15(12-20(22)33-4)11-19-23(30)28(24(31)27-19)13-21(29)26-16-6-8-17(32-3)9-7-16/h6-12,14H,5,13H2,1-4H3,(H,26,29)(H,27,31). The number of halogens is 1. The van der Waals surface area contributed by atoms with Crippen molar-refractivity contribution in [2.45, 2.75) is 26.4 Å². The number of amides is 4. The maximum Gasteiger partial charge on any atom is 0.329 e. The van der Waals surface area contributed by atoms with Crippen molar-refractivity contribution >= 4 is 41.2 Å². The first-order chi connectivity index (χ1) is 16.2. The first kappa shape index (κ1) is 24.9. The fraction of sp³-hybridized carbons (Fsp3) is 0.292. The lowest BCUT2D eigenvalue weighted by Crippen LogP contribution is -2.38. The Hall–Kier alpha value is -3.72. The lowest BCUT2D eigenvalue weighted by molar-refractivity contribution is -0.127. The van der Waals surface area contributed by atoms with Gasteiger partial charge in [-0.2, -0.15) is 0 Å². The van der Waals surface area contributed by atoms with Gasteiger partial charge in [-0.25, -0.2) is 9.69 Å². The van der Waals surface area contributed by atoms with E-state index in [1.807, 2.05) is 13.8 Å². The lowest BCUT2D eigenvalue weighted by atomic mass is 10.1. The molecule has 0 bridgehead atoms. The Morgan fingerprint density at radius 3 is 2.50 bits per heavy atom. The molecule has 0 spiro atoms. The van der Waals surface area contributed by atoms with Crippen LogP contribution in [-0.4, -0.2) is 49.6 Å². The van der Waals surface area contributed by atoms with Crippen molar-refractivity contribution in [3.63, 3.8) is 0 Å². The SMILES string of the molecule is CCC(C)Oc1c(Cl)cc(C=C2NC(=O)N(CC(=O)Nc3ccc(OC)cc3)C2=O)cc1OC. The number of urea groups is 1. The zero-order valence-corrected chi connectivity index (χ0v) is 20.1. The third-order valence-electron chi connectivity index (χ3n) is 5.09. The highest BCUT2D eigenvalue weighted by Crippen LogP contribution is 2.38. The minimum Gasteiger partial charge on any atom is -0.497 e. The number of carbonyl (C=O) groups excluding carboxylic acids is 3. The molecule has 1 heterocycles. The molecule has 0 aliphatic carbocycles. The molecule has 180 valence electrons. The number of hydrogen-bond acceptors (Lipinski definition) is 6. The molecule has 3 rings (SSSR count). The van der Waals surface area contributed by atoms with Crippen molar-refractivity contribution in [2.24, 2.45) is 0 Å². The fourth-order valence-electron chi connectivity index (χ4n) is 3.12. The summed E-state index contributed by atoms with van der Waals surface area (Å²) < 4.78 is 16.3. The van der Waals surface area contributed by atoms with Crippen LogP contribution < -0.4 is 24.8 Å². The molecule has 1 atom stereocenters. The van der Waals surface area contributed by atoms with Crippen LogP contribution in [0, 0.1) is 0 Å². The molecule has 34 heavy (non-hydrogen) atoms. The molecule has 1 unspecified atom stereocenters. The summed E-state index contributed by atoms with van der Waals surface area (Å²) in [6.45, 7) is 3.46. The number of carbonyl (C=O) groups is 3. The molecule has 0 saturated carbocycles. The molecular formula is C24H26ClN3O6. The average Bonchev–Trinajstić information content (AvgIpc) is 3.08. The van der Waals surface area contributed by atoms with Crippen molar-refractivity contribution in [1.82, 2.24) is 10.2 Å². The Bertz CT molecular complexity index is 1120. The zero-order valence-electron chi connectivity index (χ0n) is 19.3. The molecule has 2 N–H and O–H groups in total. The summed E-state index contributed by atoms with van der Waals surface area (Å²) in [5.74, 6) is 0.278. The summed E-state index contributed by atoms with van der Waals surface area (Å²) in [4.78, 5) is 38.3. The molecule has 1 aliphatic heterocycles. The lowest BCUT2D eigenvalue weighted by Gasteiger charge is -2.17. The number of nitrogens with one attached hydrogen (secondary N) is 2. The van der Waals surface area contributed by atoms with Gasteiger partial charge in [0.15, 0.2) is 11.5 Å². The number of benzene rings is 2. The van der Waals surface area contributed by atoms with E-state index in [1.54, 1.807) is 36.4 Å². The number of ether oxygens (including phenoxy) is 3. The van der Waals surface area contributed by atoms with Crippen molar-refractivity contribution in [2.75, 3.05) is 26.1 Å². The predicted octanol–water partition coefficient (Wildman–Crippen LogP) is 4.07. The molecule has 1 saturated heterocycles. The van der Waals surface area contributed by atoms with E-state index in [9.17, 15) is 14.4 Å². The second-order valence-electron chi connectivity index (χ2n) is 7.53. The van der Waals surface area contributed by atoms with E-state index in [-0.39, 0.29) is 11.8 Å². The number of anilines is 1. The average molecular weight is 488 g/mol. The van der Waals surface area contributed by atoms with Gasteiger partial charge in [-0.15, -0.1) is 0 Å². The van der Waals surface area contributed by atoms with Crippen LogP contribution in [0.15, 0.2) is 42.1 Å². The van der Waals surface area contributed by atoms with E-state index >= 15 is 0 Å². The number of methoxy groups -OCH3 is 2. The topological polar surface area (TPSA) is 106 Å². The Morgan fingerprint density at radius 1 is 1.18 bits per heavy atom. The van der Waals surface area contributed by atoms with Gasteiger partial charge in [0.1, 0.15) is 18.0 Å². The second-order valence-corrected chi connectivity index (χ2v) is 7.93. The third kappa shape index (κ3) is 5.79. The highest BCUT2D eigenvalue weighted by atomic mass is 35.5. The van der Waals surface area contributed by atoms with E-state index in [4.69, 9.17) is 25.8 Å². The Balaban J connectivity index is 1.73. The van der Waals surface area contributed by atoms with Crippen LogP contribution in [0.2, 0.25) is 5.02 Å². The summed E-state index contributed by atoms with van der Waals surface area (Å²) in [6.07, 6.45) is 2.18. The van der Waals surface area contributed by atoms with Gasteiger partial charge in [-0.05, 0) is 61.4 Å². The normalized spacial score (nSPS) is 15.2. The van der Waals surface area contributed by atoms with E-state index in [1.165, 1.54) is 20.3 Å². The molecule has 10 heteroatoms. The molecule has 1 fully saturated rings. The molecular weight excluding hydrogens is 462 g/mol. The van der Waals surface area contributed by atoms with Crippen molar-refractivity contribution in [3.05, 3.63) is 52.7 Å². The maximum atomic E-state index is 12.8. The van der Waals surface area contributed by atoms with Gasteiger partial charge >= 0.3 is 6.03 Å². The summed E-state index contributed by atoms with van der Waals surface area (Å²) in [5, 5.41) is 5.43. The molecule has 0 aromatic heterocycles. The van der Waals surface area contributed by atoms with Crippen molar-refractivity contribution in [3.8, 4) is 17.2 Å². The van der Waals surface area contributed by atoms with Crippen LogP contribution in [0.5, 0.6) is 17.2 Å². The fourth-order valence-corrected chi connectivity index (χ4v) is 3.39. The minimum atomic E-state index is -0.698. The Labute approximate surface area is 202 Å². The highest BCUT2D eigenvalue weighted by molar-refractivity contribution is 6.32. The van der Waals surface area contributed by atoms with Gasteiger partial charge in [-0.3, -0.25) is 9.59 Å². The van der Waals surface area contributed by atoms with Gasteiger partial charge in [-0.1, -0.05) is 18.5 Å². The summed E-state index contributed by atoms with van der Waals surface area (Å²) in [7, 11) is 3.02.